The van der Waals surface area contributed by atoms with E-state index in [9.17, 15) is 0 Å². The van der Waals surface area contributed by atoms with E-state index in [0.29, 0.717) is 6.04 Å². The van der Waals surface area contributed by atoms with Gasteiger partial charge in [-0.3, -0.25) is 0 Å². The van der Waals surface area contributed by atoms with Gasteiger partial charge in [-0.15, -0.1) is 0 Å². The number of hydrogen-bond donors (Lipinski definition) is 2. The molecule has 0 atom stereocenters. The summed E-state index contributed by atoms with van der Waals surface area (Å²) < 4.78 is 0. The number of aromatic nitrogens is 2. The maximum Gasteiger partial charge on any atom is 0.224 e. The van der Waals surface area contributed by atoms with E-state index in [1.54, 1.807) is 0 Å². The molecule has 1 aromatic carbocycles. The Hall–Kier alpha value is -2.10. The van der Waals surface area contributed by atoms with Gasteiger partial charge in [-0.2, -0.15) is 4.98 Å². The Kier molecular flexibility index (Phi) is 5.46. The summed E-state index contributed by atoms with van der Waals surface area (Å²) in [6, 6.07) is 11.0. The van der Waals surface area contributed by atoms with E-state index in [2.05, 4.69) is 51.8 Å². The lowest BCUT2D eigenvalue weighted by Crippen LogP contribution is -2.20. The second kappa shape index (κ2) is 7.95. The fourth-order valence-electron chi connectivity index (χ4n) is 3.03. The molecule has 0 saturated heterocycles. The molecular weight excluding hydrogens is 284 g/mol. The maximum atomic E-state index is 4.60. The van der Waals surface area contributed by atoms with Crippen molar-refractivity contribution in [2.75, 3.05) is 10.6 Å². The Morgan fingerprint density at radius 2 is 1.74 bits per heavy atom. The predicted molar refractivity (Wildman–Crippen MR) is 95.7 cm³/mol. The van der Waals surface area contributed by atoms with Crippen LogP contribution in [0.1, 0.15) is 49.7 Å². The van der Waals surface area contributed by atoms with Crippen LogP contribution in [0.2, 0.25) is 0 Å². The van der Waals surface area contributed by atoms with Gasteiger partial charge in [0.25, 0.3) is 0 Å². The first-order valence-electron chi connectivity index (χ1n) is 8.68. The van der Waals surface area contributed by atoms with Crippen molar-refractivity contribution in [2.45, 2.75) is 58.0 Å². The summed E-state index contributed by atoms with van der Waals surface area (Å²) in [5.74, 6) is 1.61. The molecule has 1 heterocycles. The van der Waals surface area contributed by atoms with E-state index in [0.717, 1.165) is 18.3 Å². The third kappa shape index (κ3) is 4.95. The van der Waals surface area contributed by atoms with Gasteiger partial charge >= 0.3 is 0 Å². The lowest BCUT2D eigenvalue weighted by atomic mass is 10.1. The van der Waals surface area contributed by atoms with Crippen LogP contribution in [0.3, 0.4) is 0 Å². The van der Waals surface area contributed by atoms with Gasteiger partial charge < -0.3 is 10.6 Å². The van der Waals surface area contributed by atoms with E-state index < -0.39 is 0 Å². The second-order valence-corrected chi connectivity index (χ2v) is 6.44. The quantitative estimate of drug-likeness (QED) is 0.797. The van der Waals surface area contributed by atoms with E-state index in [-0.39, 0.29) is 0 Å². The molecule has 1 aliphatic carbocycles. The predicted octanol–water partition coefficient (Wildman–Crippen LogP) is 4.53. The molecule has 0 aliphatic heterocycles. The van der Waals surface area contributed by atoms with Gasteiger partial charge in [-0.1, -0.05) is 55.5 Å². The highest BCUT2D eigenvalue weighted by molar-refractivity contribution is 5.40. The Balaban J connectivity index is 1.57. The van der Waals surface area contributed by atoms with Crippen molar-refractivity contribution in [2.24, 2.45) is 0 Å². The molecule has 4 heteroatoms. The second-order valence-electron chi connectivity index (χ2n) is 6.44. The summed E-state index contributed by atoms with van der Waals surface area (Å²) in [6.45, 7) is 2.88. The molecule has 122 valence electrons. The first kappa shape index (κ1) is 15.8. The van der Waals surface area contributed by atoms with Crippen LogP contribution in [0.4, 0.5) is 11.8 Å². The zero-order valence-electron chi connectivity index (χ0n) is 13.9. The molecule has 0 amide bonds. The number of hydrogen-bond acceptors (Lipinski definition) is 4. The average molecular weight is 310 g/mol. The van der Waals surface area contributed by atoms with Gasteiger partial charge in [0.05, 0.1) is 0 Å². The summed E-state index contributed by atoms with van der Waals surface area (Å²) in [5, 5.41) is 6.88. The fourth-order valence-corrected chi connectivity index (χ4v) is 3.03. The van der Waals surface area contributed by atoms with Crippen molar-refractivity contribution >= 4 is 11.8 Å². The van der Waals surface area contributed by atoms with E-state index >= 15 is 0 Å². The SMILES string of the molecule is Cc1ccc(CNc2ccnc(NC3CCCCCC3)n2)cc1. The number of nitrogens with one attached hydrogen (secondary N) is 2. The smallest absolute Gasteiger partial charge is 0.224 e. The summed E-state index contributed by atoms with van der Waals surface area (Å²) in [5.41, 5.74) is 2.54. The van der Waals surface area contributed by atoms with Gasteiger partial charge in [-0.25, -0.2) is 4.98 Å². The molecule has 0 unspecified atom stereocenters. The van der Waals surface area contributed by atoms with Crippen molar-refractivity contribution < 1.29 is 0 Å². The highest BCUT2D eigenvalue weighted by Gasteiger charge is 2.13. The average Bonchev–Trinajstić information content (AvgIpc) is 2.83. The summed E-state index contributed by atoms with van der Waals surface area (Å²) in [7, 11) is 0. The summed E-state index contributed by atoms with van der Waals surface area (Å²) >= 11 is 0. The van der Waals surface area contributed by atoms with E-state index in [4.69, 9.17) is 0 Å². The molecular formula is C19H26N4. The monoisotopic (exact) mass is 310 g/mol. The van der Waals surface area contributed by atoms with Gasteiger partial charge in [0.1, 0.15) is 5.82 Å². The van der Waals surface area contributed by atoms with Crippen LogP contribution in [0.15, 0.2) is 36.5 Å². The molecule has 4 nitrogen and oxygen atoms in total. The van der Waals surface area contributed by atoms with Crippen LogP contribution >= 0.6 is 0 Å². The van der Waals surface area contributed by atoms with Crippen LogP contribution in [-0.2, 0) is 6.54 Å². The Labute approximate surface area is 138 Å². The van der Waals surface area contributed by atoms with Gasteiger partial charge in [0, 0.05) is 18.8 Å². The van der Waals surface area contributed by atoms with Gasteiger partial charge in [0.15, 0.2) is 0 Å². The molecule has 3 rings (SSSR count). The standard InChI is InChI=1S/C19H26N4/c1-15-8-10-16(11-9-15)14-21-18-12-13-20-19(23-18)22-17-6-4-2-3-5-7-17/h8-13,17H,2-7,14H2,1H3,(H2,20,21,22,23). The highest BCUT2D eigenvalue weighted by atomic mass is 15.1. The topological polar surface area (TPSA) is 49.8 Å². The number of anilines is 2. The van der Waals surface area contributed by atoms with Crippen molar-refractivity contribution in [1.29, 1.82) is 0 Å². The molecule has 1 fully saturated rings. The molecule has 2 aromatic rings. The fraction of sp³-hybridized carbons (Fsp3) is 0.474. The Morgan fingerprint density at radius 1 is 1.00 bits per heavy atom. The van der Waals surface area contributed by atoms with E-state index in [1.165, 1.54) is 49.7 Å². The van der Waals surface area contributed by atoms with Crippen LogP contribution < -0.4 is 10.6 Å². The van der Waals surface area contributed by atoms with Crippen LogP contribution in [-0.4, -0.2) is 16.0 Å². The first-order chi connectivity index (χ1) is 11.3. The third-order valence-electron chi connectivity index (χ3n) is 4.44. The minimum atomic E-state index is 0.518. The van der Waals surface area contributed by atoms with E-state index in [1.807, 2.05) is 12.3 Å². The van der Waals surface area contributed by atoms with Crippen molar-refractivity contribution in [3.63, 3.8) is 0 Å². The molecule has 2 N–H and O–H groups in total. The normalized spacial score (nSPS) is 15.9. The van der Waals surface area contributed by atoms with Crippen molar-refractivity contribution in [3.8, 4) is 0 Å². The zero-order valence-corrected chi connectivity index (χ0v) is 13.9. The zero-order chi connectivity index (χ0) is 15.9. The largest absolute Gasteiger partial charge is 0.366 e. The molecule has 23 heavy (non-hydrogen) atoms. The molecule has 0 spiro atoms. The minimum absolute atomic E-state index is 0.518. The Bertz CT molecular complexity index is 601. The Morgan fingerprint density at radius 3 is 2.48 bits per heavy atom. The van der Waals surface area contributed by atoms with Crippen molar-refractivity contribution in [3.05, 3.63) is 47.7 Å². The minimum Gasteiger partial charge on any atom is -0.366 e. The molecule has 1 saturated carbocycles. The van der Waals surface area contributed by atoms with Crippen molar-refractivity contribution in [1.82, 2.24) is 9.97 Å². The summed E-state index contributed by atoms with van der Waals surface area (Å²) in [6.07, 6.45) is 9.61. The van der Waals surface area contributed by atoms with Crippen LogP contribution in [0, 0.1) is 6.92 Å². The number of benzene rings is 1. The van der Waals surface area contributed by atoms with Crippen LogP contribution in [0.25, 0.3) is 0 Å². The molecule has 1 aliphatic rings. The third-order valence-corrected chi connectivity index (χ3v) is 4.44. The van der Waals surface area contributed by atoms with Gasteiger partial charge in [0.2, 0.25) is 5.95 Å². The number of aryl methyl sites for hydroxylation is 1. The lowest BCUT2D eigenvalue weighted by molar-refractivity contribution is 0.615. The van der Waals surface area contributed by atoms with Gasteiger partial charge in [-0.05, 0) is 31.4 Å². The highest BCUT2D eigenvalue weighted by Crippen LogP contribution is 2.20. The maximum absolute atomic E-state index is 4.60. The lowest BCUT2D eigenvalue weighted by Gasteiger charge is -2.16. The number of nitrogens with zero attached hydrogens (tertiary/aromatic N) is 2. The molecule has 0 radical (unpaired) electrons. The summed E-state index contributed by atoms with van der Waals surface area (Å²) in [4.78, 5) is 8.97. The first-order valence-corrected chi connectivity index (χ1v) is 8.68. The molecule has 0 bridgehead atoms. The van der Waals surface area contributed by atoms with Crippen LogP contribution in [0.5, 0.6) is 0 Å². The number of rotatable bonds is 5. The molecule has 1 aromatic heterocycles.